The number of nitrogens with two attached hydrogens (primary N) is 1. The molecule has 1 amide bonds. The lowest BCUT2D eigenvalue weighted by molar-refractivity contribution is -0.125. The number of rotatable bonds is 7. The molecule has 0 spiro atoms. The minimum absolute atomic E-state index is 0.0178. The van der Waals surface area contributed by atoms with E-state index < -0.39 is 0 Å². The molecule has 1 fully saturated rings. The highest BCUT2D eigenvalue weighted by molar-refractivity contribution is 5.78. The van der Waals surface area contributed by atoms with Gasteiger partial charge in [0.15, 0.2) is 0 Å². The number of hydrogen-bond acceptors (Lipinski definition) is 3. The highest BCUT2D eigenvalue weighted by Gasteiger charge is 2.21. The Labute approximate surface area is 118 Å². The minimum Gasteiger partial charge on any atom is -0.356 e. The SMILES string of the molecule is CCN1CCC(CNC(=O)C(CN)CC(C)C)CC1. The van der Waals surface area contributed by atoms with Crippen LogP contribution in [-0.2, 0) is 4.79 Å². The molecule has 112 valence electrons. The molecule has 1 aliphatic rings. The van der Waals surface area contributed by atoms with Crippen LogP contribution in [-0.4, -0.2) is 43.5 Å². The Morgan fingerprint density at radius 3 is 2.47 bits per heavy atom. The van der Waals surface area contributed by atoms with Crippen molar-refractivity contribution in [3.63, 3.8) is 0 Å². The molecule has 1 saturated heterocycles. The highest BCUT2D eigenvalue weighted by atomic mass is 16.1. The highest BCUT2D eigenvalue weighted by Crippen LogP contribution is 2.16. The number of nitrogens with zero attached hydrogens (tertiary/aromatic N) is 1. The van der Waals surface area contributed by atoms with Gasteiger partial charge in [-0.2, -0.15) is 0 Å². The van der Waals surface area contributed by atoms with Crippen LogP contribution in [0.15, 0.2) is 0 Å². The van der Waals surface area contributed by atoms with Gasteiger partial charge in [-0.1, -0.05) is 20.8 Å². The summed E-state index contributed by atoms with van der Waals surface area (Å²) in [4.78, 5) is 14.5. The van der Waals surface area contributed by atoms with Crippen LogP contribution in [0.5, 0.6) is 0 Å². The Hall–Kier alpha value is -0.610. The Morgan fingerprint density at radius 2 is 2.00 bits per heavy atom. The number of likely N-dealkylation sites (tertiary alicyclic amines) is 1. The summed E-state index contributed by atoms with van der Waals surface area (Å²) in [5.41, 5.74) is 5.70. The van der Waals surface area contributed by atoms with Gasteiger partial charge < -0.3 is 16.0 Å². The predicted octanol–water partition coefficient (Wildman–Crippen LogP) is 1.46. The lowest BCUT2D eigenvalue weighted by Crippen LogP contribution is -2.41. The van der Waals surface area contributed by atoms with Crippen molar-refractivity contribution in [2.24, 2.45) is 23.5 Å². The average molecular weight is 269 g/mol. The first-order valence-electron chi connectivity index (χ1n) is 7.76. The van der Waals surface area contributed by atoms with E-state index in [1.54, 1.807) is 0 Å². The Morgan fingerprint density at radius 1 is 1.37 bits per heavy atom. The number of nitrogens with one attached hydrogen (secondary N) is 1. The molecule has 1 rings (SSSR count). The molecule has 3 N–H and O–H groups in total. The average Bonchev–Trinajstić information content (AvgIpc) is 2.42. The lowest BCUT2D eigenvalue weighted by atomic mass is 9.94. The van der Waals surface area contributed by atoms with E-state index in [0.29, 0.717) is 18.4 Å². The summed E-state index contributed by atoms with van der Waals surface area (Å²) in [6, 6.07) is 0. The van der Waals surface area contributed by atoms with Gasteiger partial charge in [0.1, 0.15) is 0 Å². The topological polar surface area (TPSA) is 58.4 Å². The summed E-state index contributed by atoms with van der Waals surface area (Å²) in [5, 5.41) is 3.10. The summed E-state index contributed by atoms with van der Waals surface area (Å²) in [6.07, 6.45) is 3.29. The zero-order chi connectivity index (χ0) is 14.3. The zero-order valence-electron chi connectivity index (χ0n) is 12.8. The van der Waals surface area contributed by atoms with Gasteiger partial charge in [0.05, 0.1) is 5.92 Å². The van der Waals surface area contributed by atoms with Crippen molar-refractivity contribution in [3.05, 3.63) is 0 Å². The largest absolute Gasteiger partial charge is 0.356 e. The van der Waals surface area contributed by atoms with Crippen molar-refractivity contribution in [3.8, 4) is 0 Å². The molecular weight excluding hydrogens is 238 g/mol. The molecule has 0 bridgehead atoms. The second-order valence-electron chi connectivity index (χ2n) is 6.18. The molecule has 0 aromatic heterocycles. The van der Waals surface area contributed by atoms with Gasteiger partial charge in [0, 0.05) is 13.1 Å². The van der Waals surface area contributed by atoms with Gasteiger partial charge in [-0.3, -0.25) is 4.79 Å². The maximum atomic E-state index is 12.1. The normalized spacial score (nSPS) is 19.6. The molecule has 1 heterocycles. The molecular formula is C15H31N3O. The molecule has 0 saturated carbocycles. The van der Waals surface area contributed by atoms with E-state index in [9.17, 15) is 4.79 Å². The van der Waals surface area contributed by atoms with E-state index in [1.807, 2.05) is 0 Å². The molecule has 0 aromatic rings. The summed E-state index contributed by atoms with van der Waals surface area (Å²) < 4.78 is 0. The van der Waals surface area contributed by atoms with Gasteiger partial charge in [-0.05, 0) is 50.7 Å². The molecule has 4 heteroatoms. The molecule has 0 aromatic carbocycles. The Bertz CT molecular complexity index is 260. The van der Waals surface area contributed by atoms with Crippen LogP contribution in [0.25, 0.3) is 0 Å². The van der Waals surface area contributed by atoms with E-state index in [1.165, 1.54) is 25.9 Å². The minimum atomic E-state index is -0.0178. The van der Waals surface area contributed by atoms with Crippen LogP contribution in [0.3, 0.4) is 0 Å². The van der Waals surface area contributed by atoms with Gasteiger partial charge in [-0.15, -0.1) is 0 Å². The molecule has 4 nitrogen and oxygen atoms in total. The van der Waals surface area contributed by atoms with Crippen molar-refractivity contribution in [2.45, 2.75) is 40.0 Å². The van der Waals surface area contributed by atoms with Crippen molar-refractivity contribution in [1.82, 2.24) is 10.2 Å². The van der Waals surface area contributed by atoms with E-state index >= 15 is 0 Å². The van der Waals surface area contributed by atoms with Crippen LogP contribution < -0.4 is 11.1 Å². The summed E-state index contributed by atoms with van der Waals surface area (Å²) in [5.74, 6) is 1.29. The summed E-state index contributed by atoms with van der Waals surface area (Å²) in [6.45, 7) is 11.2. The quantitative estimate of drug-likeness (QED) is 0.735. The first kappa shape index (κ1) is 16.4. The first-order valence-corrected chi connectivity index (χ1v) is 7.76. The third-order valence-electron chi connectivity index (χ3n) is 4.13. The summed E-state index contributed by atoms with van der Waals surface area (Å²) >= 11 is 0. The fourth-order valence-electron chi connectivity index (χ4n) is 2.78. The van der Waals surface area contributed by atoms with Crippen LogP contribution in [0.1, 0.15) is 40.0 Å². The van der Waals surface area contributed by atoms with E-state index in [4.69, 9.17) is 5.73 Å². The van der Waals surface area contributed by atoms with E-state index in [2.05, 4.69) is 31.0 Å². The number of piperidine rings is 1. The molecule has 19 heavy (non-hydrogen) atoms. The van der Waals surface area contributed by atoms with Crippen molar-refractivity contribution >= 4 is 5.91 Å². The third kappa shape index (κ3) is 5.91. The monoisotopic (exact) mass is 269 g/mol. The smallest absolute Gasteiger partial charge is 0.224 e. The second kappa shape index (κ2) is 8.54. The Kier molecular flexibility index (Phi) is 7.39. The fourth-order valence-corrected chi connectivity index (χ4v) is 2.78. The van der Waals surface area contributed by atoms with Crippen molar-refractivity contribution < 1.29 is 4.79 Å². The molecule has 0 radical (unpaired) electrons. The van der Waals surface area contributed by atoms with Crippen LogP contribution in [0.2, 0.25) is 0 Å². The van der Waals surface area contributed by atoms with Gasteiger partial charge in [0.2, 0.25) is 5.91 Å². The van der Waals surface area contributed by atoms with Gasteiger partial charge >= 0.3 is 0 Å². The third-order valence-corrected chi connectivity index (χ3v) is 4.13. The maximum Gasteiger partial charge on any atom is 0.224 e. The standard InChI is InChI=1S/C15H31N3O/c1-4-18-7-5-13(6-8-18)11-17-15(19)14(10-16)9-12(2)3/h12-14H,4-11,16H2,1-3H3,(H,17,19). The number of carbonyl (C=O) groups excluding carboxylic acids is 1. The number of hydrogen-bond donors (Lipinski definition) is 2. The van der Waals surface area contributed by atoms with Crippen LogP contribution in [0, 0.1) is 17.8 Å². The van der Waals surface area contributed by atoms with Gasteiger partial charge in [-0.25, -0.2) is 0 Å². The van der Waals surface area contributed by atoms with Crippen LogP contribution in [0.4, 0.5) is 0 Å². The summed E-state index contributed by atoms with van der Waals surface area (Å²) in [7, 11) is 0. The van der Waals surface area contributed by atoms with Gasteiger partial charge in [0.25, 0.3) is 0 Å². The number of amides is 1. The van der Waals surface area contributed by atoms with E-state index in [0.717, 1.165) is 19.5 Å². The second-order valence-corrected chi connectivity index (χ2v) is 6.18. The zero-order valence-corrected chi connectivity index (χ0v) is 12.8. The molecule has 1 atom stereocenters. The lowest BCUT2D eigenvalue weighted by Gasteiger charge is -2.31. The molecule has 0 aliphatic carbocycles. The van der Waals surface area contributed by atoms with E-state index in [-0.39, 0.29) is 11.8 Å². The Balaban J connectivity index is 2.26. The fraction of sp³-hybridized carbons (Fsp3) is 0.933. The van der Waals surface area contributed by atoms with Crippen molar-refractivity contribution in [2.75, 3.05) is 32.7 Å². The van der Waals surface area contributed by atoms with Crippen molar-refractivity contribution in [1.29, 1.82) is 0 Å². The molecule has 1 aliphatic heterocycles. The predicted molar refractivity (Wildman–Crippen MR) is 79.8 cm³/mol. The first-order chi connectivity index (χ1) is 9.06. The maximum absolute atomic E-state index is 12.1. The molecule has 1 unspecified atom stereocenters. The number of carbonyl (C=O) groups is 1. The van der Waals surface area contributed by atoms with Crippen LogP contribution >= 0.6 is 0 Å².